The van der Waals surface area contributed by atoms with Crippen molar-refractivity contribution in [2.75, 3.05) is 25.1 Å². The van der Waals surface area contributed by atoms with E-state index in [9.17, 15) is 0 Å². The van der Waals surface area contributed by atoms with E-state index in [4.69, 9.17) is 14.8 Å². The molecule has 0 unspecified atom stereocenters. The summed E-state index contributed by atoms with van der Waals surface area (Å²) in [5.41, 5.74) is 2.86. The van der Waals surface area contributed by atoms with Gasteiger partial charge in [0.15, 0.2) is 0 Å². The van der Waals surface area contributed by atoms with Gasteiger partial charge in [0.25, 0.3) is 0 Å². The quantitative estimate of drug-likeness (QED) is 0.783. The van der Waals surface area contributed by atoms with Gasteiger partial charge in [-0.2, -0.15) is 0 Å². The van der Waals surface area contributed by atoms with Crippen molar-refractivity contribution in [1.29, 1.82) is 0 Å². The second kappa shape index (κ2) is 7.15. The Morgan fingerprint density at radius 1 is 1.10 bits per heavy atom. The first-order valence-electron chi connectivity index (χ1n) is 6.93. The molecule has 0 spiro atoms. The topological polar surface area (TPSA) is 52.9 Å². The molecule has 2 N–H and O–H groups in total. The molecule has 110 valence electrons. The van der Waals surface area contributed by atoms with E-state index in [2.05, 4.69) is 30.0 Å². The fourth-order valence-electron chi connectivity index (χ4n) is 2.03. The number of likely N-dealkylation sites (N-methyl/N-ethyl adjacent to an activating group) is 1. The predicted octanol–water partition coefficient (Wildman–Crippen LogP) is 1.19. The number of ether oxygens (including phenoxy) is 1. The van der Waals surface area contributed by atoms with Crippen LogP contribution in [0.4, 0.5) is 5.69 Å². The van der Waals surface area contributed by atoms with Crippen LogP contribution in [0.3, 0.4) is 0 Å². The highest BCUT2D eigenvalue weighted by Crippen LogP contribution is 2.14. The van der Waals surface area contributed by atoms with Gasteiger partial charge in [-0.05, 0) is 42.2 Å². The van der Waals surface area contributed by atoms with Crippen LogP contribution in [0, 0.1) is 6.92 Å². The molecule has 5 heteroatoms. The van der Waals surface area contributed by atoms with Crippen molar-refractivity contribution in [3.8, 4) is 5.75 Å². The van der Waals surface area contributed by atoms with Crippen LogP contribution >= 0.6 is 0 Å². The Hall–Kier alpha value is -1.98. The van der Waals surface area contributed by atoms with Gasteiger partial charge in [0.2, 0.25) is 0 Å². The molecular formula is C16H20BNO3. The smallest absolute Gasteiger partial charge is 0.488 e. The molecule has 0 amide bonds. The third-order valence-corrected chi connectivity index (χ3v) is 3.32. The lowest BCUT2D eigenvalue weighted by molar-refractivity contribution is 0.326. The van der Waals surface area contributed by atoms with Crippen LogP contribution in [0.2, 0.25) is 0 Å². The molecule has 0 aliphatic carbocycles. The van der Waals surface area contributed by atoms with Gasteiger partial charge in [-0.3, -0.25) is 0 Å². The van der Waals surface area contributed by atoms with E-state index < -0.39 is 7.12 Å². The van der Waals surface area contributed by atoms with Gasteiger partial charge in [0.1, 0.15) is 12.4 Å². The van der Waals surface area contributed by atoms with Gasteiger partial charge < -0.3 is 19.7 Å². The van der Waals surface area contributed by atoms with Gasteiger partial charge >= 0.3 is 7.12 Å². The Morgan fingerprint density at radius 3 is 2.43 bits per heavy atom. The van der Waals surface area contributed by atoms with Gasteiger partial charge in [-0.15, -0.1) is 0 Å². The van der Waals surface area contributed by atoms with Crippen molar-refractivity contribution in [3.05, 3.63) is 54.1 Å². The summed E-state index contributed by atoms with van der Waals surface area (Å²) in [4.78, 5) is 2.14. The zero-order valence-electron chi connectivity index (χ0n) is 12.4. The molecule has 0 radical (unpaired) electrons. The maximum atomic E-state index is 9.02. The maximum Gasteiger partial charge on any atom is 0.488 e. The first-order valence-corrected chi connectivity index (χ1v) is 6.93. The van der Waals surface area contributed by atoms with Gasteiger partial charge in [0.05, 0.1) is 6.54 Å². The zero-order chi connectivity index (χ0) is 15.2. The Labute approximate surface area is 125 Å². The molecule has 0 saturated carbocycles. The summed E-state index contributed by atoms with van der Waals surface area (Å²) in [7, 11) is 0.593. The minimum Gasteiger partial charge on any atom is -0.492 e. The molecule has 2 rings (SSSR count). The minimum absolute atomic E-state index is 0.458. The van der Waals surface area contributed by atoms with Crippen LogP contribution in [-0.4, -0.2) is 37.4 Å². The Balaban J connectivity index is 1.83. The fraction of sp³-hybridized carbons (Fsp3) is 0.250. The lowest BCUT2D eigenvalue weighted by atomic mass is 9.80. The normalized spacial score (nSPS) is 10.3. The Bertz CT molecular complexity index is 572. The largest absolute Gasteiger partial charge is 0.492 e. The summed E-state index contributed by atoms with van der Waals surface area (Å²) in [5, 5.41) is 18.0. The summed E-state index contributed by atoms with van der Waals surface area (Å²) in [6.45, 7) is 3.41. The van der Waals surface area contributed by atoms with Crippen LogP contribution < -0.4 is 15.1 Å². The summed E-state index contributed by atoms with van der Waals surface area (Å²) >= 11 is 0. The molecule has 2 aromatic carbocycles. The number of aryl methyl sites for hydroxylation is 1. The number of rotatable bonds is 6. The van der Waals surface area contributed by atoms with E-state index in [1.165, 1.54) is 5.56 Å². The highest BCUT2D eigenvalue weighted by atomic mass is 16.5. The van der Waals surface area contributed by atoms with E-state index in [1.54, 1.807) is 24.3 Å². The van der Waals surface area contributed by atoms with Gasteiger partial charge in [-0.1, -0.05) is 24.3 Å². The first-order chi connectivity index (χ1) is 10.1. The minimum atomic E-state index is -1.44. The second-order valence-corrected chi connectivity index (χ2v) is 5.05. The molecule has 0 aromatic heterocycles. The van der Waals surface area contributed by atoms with Crippen LogP contribution in [0.15, 0.2) is 48.5 Å². The number of nitrogens with zero attached hydrogens (tertiary/aromatic N) is 1. The number of benzene rings is 2. The molecule has 2 aromatic rings. The van der Waals surface area contributed by atoms with Crippen LogP contribution in [0.1, 0.15) is 5.56 Å². The van der Waals surface area contributed by atoms with Gasteiger partial charge in [-0.25, -0.2) is 0 Å². The van der Waals surface area contributed by atoms with Crippen molar-refractivity contribution in [2.24, 2.45) is 0 Å². The average Bonchev–Trinajstić information content (AvgIpc) is 2.47. The molecule has 4 nitrogen and oxygen atoms in total. The molecule has 0 heterocycles. The maximum absolute atomic E-state index is 9.02. The highest BCUT2D eigenvalue weighted by molar-refractivity contribution is 6.58. The lowest BCUT2D eigenvalue weighted by Gasteiger charge is -2.20. The van der Waals surface area contributed by atoms with E-state index in [-0.39, 0.29) is 0 Å². The molecule has 0 aliphatic heterocycles. The van der Waals surface area contributed by atoms with E-state index in [0.29, 0.717) is 12.1 Å². The summed E-state index contributed by atoms with van der Waals surface area (Å²) in [5.74, 6) is 0.719. The van der Waals surface area contributed by atoms with Crippen molar-refractivity contribution >= 4 is 18.3 Å². The summed E-state index contributed by atoms with van der Waals surface area (Å²) in [6.07, 6.45) is 0. The summed E-state index contributed by atoms with van der Waals surface area (Å²) in [6, 6.07) is 15.1. The fourth-order valence-corrected chi connectivity index (χ4v) is 2.03. The van der Waals surface area contributed by atoms with Crippen molar-refractivity contribution in [2.45, 2.75) is 6.92 Å². The van der Waals surface area contributed by atoms with Crippen molar-refractivity contribution in [1.82, 2.24) is 0 Å². The average molecular weight is 285 g/mol. The van der Waals surface area contributed by atoms with Crippen LogP contribution in [0.5, 0.6) is 5.75 Å². The number of anilines is 1. The van der Waals surface area contributed by atoms with Crippen LogP contribution in [-0.2, 0) is 0 Å². The molecule has 0 fully saturated rings. The van der Waals surface area contributed by atoms with E-state index in [1.807, 2.05) is 13.1 Å². The van der Waals surface area contributed by atoms with E-state index >= 15 is 0 Å². The van der Waals surface area contributed by atoms with E-state index in [0.717, 1.165) is 18.0 Å². The predicted molar refractivity (Wildman–Crippen MR) is 86.2 cm³/mol. The molecular weight excluding hydrogens is 265 g/mol. The van der Waals surface area contributed by atoms with Crippen molar-refractivity contribution < 1.29 is 14.8 Å². The lowest BCUT2D eigenvalue weighted by Crippen LogP contribution is -2.29. The Morgan fingerprint density at radius 2 is 1.81 bits per heavy atom. The molecule has 0 aliphatic rings. The summed E-state index contributed by atoms with van der Waals surface area (Å²) < 4.78 is 5.66. The third kappa shape index (κ3) is 4.51. The highest BCUT2D eigenvalue weighted by Gasteiger charge is 2.09. The standard InChI is InChI=1S/C16H20BNO3/c1-13-4-3-5-15(12-13)18(2)10-11-21-16-8-6-14(7-9-16)17(19)20/h3-9,12,19-20H,10-11H2,1-2H3. The molecule has 0 atom stereocenters. The SMILES string of the molecule is Cc1cccc(N(C)CCOc2ccc(B(O)O)cc2)c1. The Kier molecular flexibility index (Phi) is 5.25. The van der Waals surface area contributed by atoms with Gasteiger partial charge in [0, 0.05) is 12.7 Å². The second-order valence-electron chi connectivity index (χ2n) is 5.05. The monoisotopic (exact) mass is 285 g/mol. The molecule has 0 bridgehead atoms. The molecule has 0 saturated heterocycles. The zero-order valence-corrected chi connectivity index (χ0v) is 12.4. The number of hydrogen-bond donors (Lipinski definition) is 2. The number of hydrogen-bond acceptors (Lipinski definition) is 4. The molecule has 21 heavy (non-hydrogen) atoms. The first kappa shape index (κ1) is 15.4. The third-order valence-electron chi connectivity index (χ3n) is 3.32. The van der Waals surface area contributed by atoms with Crippen LogP contribution in [0.25, 0.3) is 0 Å². The van der Waals surface area contributed by atoms with Crippen molar-refractivity contribution in [3.63, 3.8) is 0 Å².